The first-order chi connectivity index (χ1) is 10.7. The third-order valence-electron chi connectivity index (χ3n) is 3.64. The molecule has 2 amide bonds. The Labute approximate surface area is 126 Å². The summed E-state index contributed by atoms with van der Waals surface area (Å²) < 4.78 is 19.2. The second-order valence-corrected chi connectivity index (χ2v) is 5.06. The normalized spacial score (nSPS) is 18.1. The maximum absolute atomic E-state index is 14.0. The van der Waals surface area contributed by atoms with Crippen molar-refractivity contribution in [2.45, 2.75) is 12.5 Å². The van der Waals surface area contributed by atoms with E-state index in [-0.39, 0.29) is 23.8 Å². The topological polar surface area (TPSA) is 62.6 Å². The summed E-state index contributed by atoms with van der Waals surface area (Å²) >= 11 is 0. The van der Waals surface area contributed by atoms with E-state index >= 15 is 0 Å². The smallest absolute Gasteiger partial charge is 0.247 e. The van der Waals surface area contributed by atoms with Gasteiger partial charge in [-0.1, -0.05) is 18.2 Å². The van der Waals surface area contributed by atoms with Crippen molar-refractivity contribution in [3.8, 4) is 0 Å². The van der Waals surface area contributed by atoms with Gasteiger partial charge in [0, 0.05) is 18.7 Å². The predicted molar refractivity (Wildman–Crippen MR) is 76.3 cm³/mol. The molecular weight excluding hydrogens is 287 g/mol. The molecule has 0 spiro atoms. The lowest BCUT2D eigenvalue weighted by Gasteiger charge is -2.35. The number of furan rings is 1. The van der Waals surface area contributed by atoms with Gasteiger partial charge in [0.25, 0.3) is 0 Å². The van der Waals surface area contributed by atoms with Gasteiger partial charge in [-0.3, -0.25) is 9.59 Å². The molecule has 3 rings (SSSR count). The molecule has 1 fully saturated rings. The van der Waals surface area contributed by atoms with Crippen LogP contribution in [0.2, 0.25) is 0 Å². The van der Waals surface area contributed by atoms with Crippen LogP contribution in [0.15, 0.2) is 47.1 Å². The van der Waals surface area contributed by atoms with Gasteiger partial charge in [-0.2, -0.15) is 0 Å². The van der Waals surface area contributed by atoms with Gasteiger partial charge in [-0.15, -0.1) is 0 Å². The third kappa shape index (κ3) is 2.72. The van der Waals surface area contributed by atoms with Crippen LogP contribution in [0.4, 0.5) is 4.39 Å². The Bertz CT molecular complexity index is 684. The molecule has 1 aliphatic rings. The van der Waals surface area contributed by atoms with Crippen LogP contribution in [0.3, 0.4) is 0 Å². The zero-order valence-corrected chi connectivity index (χ0v) is 11.8. The van der Waals surface area contributed by atoms with Gasteiger partial charge in [0.1, 0.15) is 17.6 Å². The molecule has 5 nitrogen and oxygen atoms in total. The lowest BCUT2D eigenvalue weighted by Crippen LogP contribution is -2.52. The minimum absolute atomic E-state index is 0.0469. The SMILES string of the molecule is O=C1NCCN(C(=O)Cc2ccco2)C1c1ccccc1F. The average molecular weight is 302 g/mol. The first-order valence-electron chi connectivity index (χ1n) is 7.01. The fourth-order valence-electron chi connectivity index (χ4n) is 2.61. The van der Waals surface area contributed by atoms with Gasteiger partial charge in [0.05, 0.1) is 12.7 Å². The molecule has 2 heterocycles. The van der Waals surface area contributed by atoms with Crippen molar-refractivity contribution >= 4 is 11.8 Å². The van der Waals surface area contributed by atoms with Gasteiger partial charge in [-0.25, -0.2) is 4.39 Å². The minimum Gasteiger partial charge on any atom is -0.469 e. The van der Waals surface area contributed by atoms with E-state index in [1.54, 1.807) is 24.3 Å². The Hall–Kier alpha value is -2.63. The Morgan fingerprint density at radius 2 is 2.14 bits per heavy atom. The predicted octanol–water partition coefficient (Wildman–Crippen LogP) is 1.66. The van der Waals surface area contributed by atoms with Crippen molar-refractivity contribution in [1.29, 1.82) is 0 Å². The molecule has 22 heavy (non-hydrogen) atoms. The number of hydrogen-bond donors (Lipinski definition) is 1. The molecule has 1 saturated heterocycles. The Kier molecular flexibility index (Phi) is 3.91. The molecular formula is C16H15FN2O3. The summed E-state index contributed by atoms with van der Waals surface area (Å²) in [6, 6.07) is 8.45. The molecule has 1 N–H and O–H groups in total. The molecule has 0 bridgehead atoms. The van der Waals surface area contributed by atoms with E-state index < -0.39 is 11.9 Å². The maximum atomic E-state index is 14.0. The first-order valence-corrected chi connectivity index (χ1v) is 7.01. The molecule has 0 aliphatic carbocycles. The molecule has 1 aromatic carbocycles. The largest absolute Gasteiger partial charge is 0.469 e. The molecule has 2 aromatic rings. The summed E-state index contributed by atoms with van der Waals surface area (Å²) in [5.41, 5.74) is 0.201. The van der Waals surface area contributed by atoms with Crippen molar-refractivity contribution in [1.82, 2.24) is 10.2 Å². The highest BCUT2D eigenvalue weighted by atomic mass is 19.1. The lowest BCUT2D eigenvalue weighted by molar-refractivity contribution is -0.143. The Morgan fingerprint density at radius 1 is 1.32 bits per heavy atom. The number of amides is 2. The van der Waals surface area contributed by atoms with E-state index in [0.717, 1.165) is 0 Å². The van der Waals surface area contributed by atoms with Crippen LogP contribution in [0.25, 0.3) is 0 Å². The molecule has 114 valence electrons. The van der Waals surface area contributed by atoms with E-state index in [4.69, 9.17) is 4.42 Å². The number of nitrogens with one attached hydrogen (secondary N) is 1. The fraction of sp³-hybridized carbons (Fsp3) is 0.250. The zero-order valence-electron chi connectivity index (χ0n) is 11.8. The summed E-state index contributed by atoms with van der Waals surface area (Å²) in [7, 11) is 0. The van der Waals surface area contributed by atoms with Crippen molar-refractivity contribution < 1.29 is 18.4 Å². The van der Waals surface area contributed by atoms with E-state index in [0.29, 0.717) is 18.8 Å². The van der Waals surface area contributed by atoms with Crippen molar-refractivity contribution in [3.05, 3.63) is 59.8 Å². The van der Waals surface area contributed by atoms with Crippen LogP contribution in [0.5, 0.6) is 0 Å². The highest BCUT2D eigenvalue weighted by molar-refractivity contribution is 5.90. The maximum Gasteiger partial charge on any atom is 0.247 e. The van der Waals surface area contributed by atoms with Gasteiger partial charge < -0.3 is 14.6 Å². The summed E-state index contributed by atoms with van der Waals surface area (Å²) in [6.07, 6.45) is 1.53. The quantitative estimate of drug-likeness (QED) is 0.938. The van der Waals surface area contributed by atoms with Crippen molar-refractivity contribution in [2.24, 2.45) is 0 Å². The van der Waals surface area contributed by atoms with Crippen LogP contribution < -0.4 is 5.32 Å². The van der Waals surface area contributed by atoms with Crippen LogP contribution >= 0.6 is 0 Å². The average Bonchev–Trinajstić information content (AvgIpc) is 3.01. The van der Waals surface area contributed by atoms with Gasteiger partial charge >= 0.3 is 0 Å². The molecule has 1 aromatic heterocycles. The second kappa shape index (κ2) is 6.01. The number of carbonyl (C=O) groups is 2. The number of hydrogen-bond acceptors (Lipinski definition) is 3. The first kappa shape index (κ1) is 14.3. The number of halogens is 1. The van der Waals surface area contributed by atoms with E-state index in [9.17, 15) is 14.0 Å². The Morgan fingerprint density at radius 3 is 2.86 bits per heavy atom. The molecule has 0 saturated carbocycles. The minimum atomic E-state index is -0.947. The van der Waals surface area contributed by atoms with Gasteiger partial charge in [0.15, 0.2) is 0 Å². The molecule has 1 unspecified atom stereocenters. The van der Waals surface area contributed by atoms with Crippen molar-refractivity contribution in [3.63, 3.8) is 0 Å². The highest BCUT2D eigenvalue weighted by Gasteiger charge is 2.35. The van der Waals surface area contributed by atoms with E-state index in [1.807, 2.05) is 0 Å². The molecule has 6 heteroatoms. The number of nitrogens with zero attached hydrogens (tertiary/aromatic N) is 1. The summed E-state index contributed by atoms with van der Waals surface area (Å²) in [6.45, 7) is 0.692. The fourth-order valence-corrected chi connectivity index (χ4v) is 2.61. The van der Waals surface area contributed by atoms with Crippen LogP contribution in [0, 0.1) is 5.82 Å². The number of benzene rings is 1. The molecule has 1 atom stereocenters. The van der Waals surface area contributed by atoms with Gasteiger partial charge in [0.2, 0.25) is 11.8 Å². The number of rotatable bonds is 3. The summed E-state index contributed by atoms with van der Waals surface area (Å²) in [4.78, 5) is 26.0. The standard InChI is InChI=1S/C16H15FN2O3/c17-13-6-2-1-5-12(13)15-16(21)18-7-8-19(15)14(20)10-11-4-3-9-22-11/h1-6,9,15H,7-8,10H2,(H,18,21). The van der Waals surface area contributed by atoms with Crippen LogP contribution in [-0.4, -0.2) is 29.8 Å². The molecule has 0 radical (unpaired) electrons. The highest BCUT2D eigenvalue weighted by Crippen LogP contribution is 2.26. The zero-order chi connectivity index (χ0) is 15.5. The third-order valence-corrected chi connectivity index (χ3v) is 3.64. The summed E-state index contributed by atoms with van der Waals surface area (Å²) in [5, 5.41) is 2.68. The number of piperazine rings is 1. The summed E-state index contributed by atoms with van der Waals surface area (Å²) in [5.74, 6) is -0.620. The van der Waals surface area contributed by atoms with Crippen LogP contribution in [-0.2, 0) is 16.0 Å². The Balaban J connectivity index is 1.88. The van der Waals surface area contributed by atoms with Gasteiger partial charge in [-0.05, 0) is 18.2 Å². The monoisotopic (exact) mass is 302 g/mol. The molecule has 1 aliphatic heterocycles. The number of carbonyl (C=O) groups excluding carboxylic acids is 2. The second-order valence-electron chi connectivity index (χ2n) is 5.06. The van der Waals surface area contributed by atoms with Crippen LogP contribution in [0.1, 0.15) is 17.4 Å². The lowest BCUT2D eigenvalue weighted by atomic mass is 10.0. The van der Waals surface area contributed by atoms with E-state index in [1.165, 1.54) is 23.3 Å². The van der Waals surface area contributed by atoms with Crippen molar-refractivity contribution in [2.75, 3.05) is 13.1 Å². The van der Waals surface area contributed by atoms with E-state index in [2.05, 4.69) is 5.32 Å².